The van der Waals surface area contributed by atoms with Crippen LogP contribution in [0.25, 0.3) is 0 Å². The van der Waals surface area contributed by atoms with Crippen molar-refractivity contribution in [2.24, 2.45) is 11.3 Å². The van der Waals surface area contributed by atoms with Gasteiger partial charge in [-0.2, -0.15) is 0 Å². The number of esters is 1. The number of ether oxygens (including phenoxy) is 3. The molecule has 22 heavy (non-hydrogen) atoms. The Morgan fingerprint density at radius 3 is 2.59 bits per heavy atom. The standard InChI is InChI=1S/C17H26O5/c1-10-6-7-13(20-4)16(19)9-17(21-5)12(8-15(10,16)3)11(2)14(18)22-17/h10,13,19H,6-9H2,1-5H3/t10-,13+,15+,16-,17+/m0/s1. The van der Waals surface area contributed by atoms with Crippen molar-refractivity contribution in [1.82, 2.24) is 0 Å². The number of carbonyl (C=O) groups is 1. The van der Waals surface area contributed by atoms with Crippen LogP contribution in [0.3, 0.4) is 0 Å². The predicted molar refractivity (Wildman–Crippen MR) is 80.0 cm³/mol. The molecule has 0 aromatic rings. The molecular weight excluding hydrogens is 284 g/mol. The molecule has 1 heterocycles. The number of carbonyl (C=O) groups excluding carboxylic acids is 1. The fourth-order valence-corrected chi connectivity index (χ4v) is 4.77. The Kier molecular flexibility index (Phi) is 3.48. The lowest BCUT2D eigenvalue weighted by atomic mass is 9.50. The maximum absolute atomic E-state index is 12.1. The van der Waals surface area contributed by atoms with Gasteiger partial charge in [-0.25, -0.2) is 4.79 Å². The Morgan fingerprint density at radius 2 is 2.00 bits per heavy atom. The summed E-state index contributed by atoms with van der Waals surface area (Å²) in [7, 11) is 3.17. The van der Waals surface area contributed by atoms with Gasteiger partial charge in [-0.05, 0) is 32.1 Å². The van der Waals surface area contributed by atoms with Gasteiger partial charge in [0.05, 0.1) is 6.10 Å². The van der Waals surface area contributed by atoms with Crippen LogP contribution in [0.1, 0.15) is 46.5 Å². The van der Waals surface area contributed by atoms with Crippen LogP contribution < -0.4 is 0 Å². The fraction of sp³-hybridized carbons (Fsp3) is 0.824. The second-order valence-corrected chi connectivity index (χ2v) is 7.35. The second-order valence-electron chi connectivity index (χ2n) is 7.35. The second kappa shape index (κ2) is 4.79. The molecule has 2 saturated carbocycles. The van der Waals surface area contributed by atoms with Gasteiger partial charge in [0.15, 0.2) is 0 Å². The topological polar surface area (TPSA) is 65.0 Å². The number of hydrogen-bond acceptors (Lipinski definition) is 5. The first-order valence-electron chi connectivity index (χ1n) is 7.98. The normalized spacial score (nSPS) is 48.0. The van der Waals surface area contributed by atoms with Gasteiger partial charge < -0.3 is 19.3 Å². The Morgan fingerprint density at radius 1 is 1.32 bits per heavy atom. The molecule has 0 unspecified atom stereocenters. The van der Waals surface area contributed by atoms with Crippen molar-refractivity contribution in [2.75, 3.05) is 14.2 Å². The molecule has 0 spiro atoms. The zero-order chi connectivity index (χ0) is 16.3. The Bertz CT molecular complexity index is 541. The van der Waals surface area contributed by atoms with Crippen LogP contribution in [0.5, 0.6) is 0 Å². The molecule has 0 saturated heterocycles. The summed E-state index contributed by atoms with van der Waals surface area (Å²) in [5.41, 5.74) is 0.0650. The summed E-state index contributed by atoms with van der Waals surface area (Å²) < 4.78 is 16.8. The number of aliphatic hydroxyl groups is 1. The highest BCUT2D eigenvalue weighted by atomic mass is 16.7. The van der Waals surface area contributed by atoms with Crippen LogP contribution in [0, 0.1) is 11.3 Å². The first-order valence-corrected chi connectivity index (χ1v) is 7.98. The molecule has 0 aromatic heterocycles. The molecule has 0 bridgehead atoms. The van der Waals surface area contributed by atoms with Crippen LogP contribution >= 0.6 is 0 Å². The molecule has 3 rings (SSSR count). The van der Waals surface area contributed by atoms with Gasteiger partial charge in [0.25, 0.3) is 0 Å². The van der Waals surface area contributed by atoms with Crippen LogP contribution in [-0.2, 0) is 19.0 Å². The van der Waals surface area contributed by atoms with Gasteiger partial charge in [-0.15, -0.1) is 0 Å². The van der Waals surface area contributed by atoms with Gasteiger partial charge in [0.1, 0.15) is 5.60 Å². The van der Waals surface area contributed by atoms with Crippen molar-refractivity contribution in [3.63, 3.8) is 0 Å². The molecule has 5 nitrogen and oxygen atoms in total. The van der Waals surface area contributed by atoms with E-state index in [1.54, 1.807) is 14.0 Å². The van der Waals surface area contributed by atoms with Gasteiger partial charge >= 0.3 is 5.97 Å². The minimum absolute atomic E-state index is 0.230. The third-order valence-corrected chi connectivity index (χ3v) is 6.61. The van der Waals surface area contributed by atoms with E-state index in [1.165, 1.54) is 7.11 Å². The van der Waals surface area contributed by atoms with E-state index in [4.69, 9.17) is 14.2 Å². The number of rotatable bonds is 2. The quantitative estimate of drug-likeness (QED) is 0.792. The summed E-state index contributed by atoms with van der Waals surface area (Å²) in [6, 6.07) is 0. The highest BCUT2D eigenvalue weighted by Gasteiger charge is 2.68. The summed E-state index contributed by atoms with van der Waals surface area (Å²) in [5.74, 6) is -1.15. The molecule has 2 aliphatic carbocycles. The highest BCUT2D eigenvalue weighted by molar-refractivity contribution is 5.92. The Balaban J connectivity index is 2.13. The lowest BCUT2D eigenvalue weighted by molar-refractivity contribution is -0.284. The van der Waals surface area contributed by atoms with Crippen LogP contribution in [0.15, 0.2) is 11.1 Å². The Labute approximate surface area is 131 Å². The third kappa shape index (κ3) is 1.73. The van der Waals surface area contributed by atoms with Crippen molar-refractivity contribution < 1.29 is 24.1 Å². The van der Waals surface area contributed by atoms with E-state index in [-0.39, 0.29) is 23.9 Å². The molecule has 0 aromatic carbocycles. The summed E-state index contributed by atoms with van der Waals surface area (Å²) in [4.78, 5) is 12.1. The SMILES string of the molecule is CO[C@@H]1CC[C@H](C)[C@@]2(C)CC3=C(C)C(=O)O[C@]3(OC)C[C@]12O. The zero-order valence-electron chi connectivity index (χ0n) is 14.1. The average Bonchev–Trinajstić information content (AvgIpc) is 2.71. The molecule has 0 amide bonds. The van der Waals surface area contributed by atoms with E-state index in [1.807, 2.05) is 0 Å². The number of fused-ring (bicyclic) bond motifs is 2. The van der Waals surface area contributed by atoms with Crippen molar-refractivity contribution >= 4 is 5.97 Å². The third-order valence-electron chi connectivity index (χ3n) is 6.61. The summed E-state index contributed by atoms with van der Waals surface area (Å²) in [6.07, 6.45) is 2.35. The zero-order valence-corrected chi connectivity index (χ0v) is 14.1. The molecule has 5 atom stereocenters. The summed E-state index contributed by atoms with van der Waals surface area (Å²) >= 11 is 0. The largest absolute Gasteiger partial charge is 0.425 e. The lowest BCUT2D eigenvalue weighted by Gasteiger charge is -2.61. The van der Waals surface area contributed by atoms with Crippen molar-refractivity contribution in [3.8, 4) is 0 Å². The lowest BCUT2D eigenvalue weighted by Crippen LogP contribution is -2.67. The monoisotopic (exact) mass is 310 g/mol. The van der Waals surface area contributed by atoms with Gasteiger partial charge in [0, 0.05) is 37.2 Å². The van der Waals surface area contributed by atoms with E-state index >= 15 is 0 Å². The summed E-state index contributed by atoms with van der Waals surface area (Å²) in [5, 5.41) is 11.6. The molecule has 124 valence electrons. The molecule has 1 N–H and O–H groups in total. The maximum Gasteiger partial charge on any atom is 0.336 e. The van der Waals surface area contributed by atoms with Crippen LogP contribution in [0.2, 0.25) is 0 Å². The molecule has 0 radical (unpaired) electrons. The number of hydrogen-bond donors (Lipinski definition) is 1. The molecule has 5 heteroatoms. The average molecular weight is 310 g/mol. The first-order chi connectivity index (χ1) is 10.2. The van der Waals surface area contributed by atoms with Crippen molar-refractivity contribution in [2.45, 2.75) is 63.9 Å². The maximum atomic E-state index is 12.1. The van der Waals surface area contributed by atoms with E-state index in [0.717, 1.165) is 18.4 Å². The molecule has 3 aliphatic rings. The van der Waals surface area contributed by atoms with Crippen molar-refractivity contribution in [1.29, 1.82) is 0 Å². The summed E-state index contributed by atoms with van der Waals surface area (Å²) in [6.45, 7) is 6.06. The van der Waals surface area contributed by atoms with E-state index in [9.17, 15) is 9.90 Å². The van der Waals surface area contributed by atoms with E-state index in [2.05, 4.69) is 13.8 Å². The van der Waals surface area contributed by atoms with E-state index in [0.29, 0.717) is 17.9 Å². The highest BCUT2D eigenvalue weighted by Crippen LogP contribution is 2.62. The fourth-order valence-electron chi connectivity index (χ4n) is 4.77. The van der Waals surface area contributed by atoms with E-state index < -0.39 is 11.4 Å². The smallest absolute Gasteiger partial charge is 0.336 e. The van der Waals surface area contributed by atoms with Gasteiger partial charge in [-0.3, -0.25) is 0 Å². The first kappa shape index (κ1) is 16.0. The van der Waals surface area contributed by atoms with Crippen LogP contribution in [-0.4, -0.2) is 42.8 Å². The minimum atomic E-state index is -1.14. The van der Waals surface area contributed by atoms with Crippen LogP contribution in [0.4, 0.5) is 0 Å². The predicted octanol–water partition coefficient (Wildman–Crippen LogP) is 2.18. The Hall–Kier alpha value is -0.910. The van der Waals surface area contributed by atoms with Crippen molar-refractivity contribution in [3.05, 3.63) is 11.1 Å². The molecular formula is C17H26O5. The molecule has 2 fully saturated rings. The minimum Gasteiger partial charge on any atom is -0.425 e. The number of methoxy groups -OCH3 is 2. The van der Waals surface area contributed by atoms with Gasteiger partial charge in [0.2, 0.25) is 5.79 Å². The van der Waals surface area contributed by atoms with Gasteiger partial charge in [-0.1, -0.05) is 13.8 Å². The molecule has 1 aliphatic heterocycles.